The van der Waals surface area contributed by atoms with Gasteiger partial charge in [-0.1, -0.05) is 0 Å². The number of hydrogen-bond acceptors (Lipinski definition) is 1. The van der Waals surface area contributed by atoms with Crippen LogP contribution in [-0.2, 0) is 0 Å². The maximum atomic E-state index is 4.76. The molecule has 82 valence electrons. The van der Waals surface area contributed by atoms with Crippen LogP contribution in [-0.4, -0.2) is 47.5 Å². The minimum atomic E-state index is 0.0150. The van der Waals surface area contributed by atoms with Crippen molar-refractivity contribution in [1.82, 2.24) is 9.80 Å². The minimum Gasteiger partial charge on any atom is -0.344 e. The maximum Gasteiger partial charge on any atom is 0.197 e. The van der Waals surface area contributed by atoms with Crippen LogP contribution in [0, 0.1) is 0 Å². The highest BCUT2D eigenvalue weighted by Gasteiger charge is 2.27. The first-order valence-electron chi connectivity index (χ1n) is 5.39. The van der Waals surface area contributed by atoms with E-state index in [2.05, 4.69) is 51.5 Å². The lowest BCUT2D eigenvalue weighted by atomic mass is 10.1. The predicted molar refractivity (Wildman–Crippen MR) is 61.7 cm³/mol. The van der Waals surface area contributed by atoms with Crippen LogP contribution in [0.5, 0.6) is 0 Å². The largest absolute Gasteiger partial charge is 0.344 e. The molecule has 14 heavy (non-hydrogen) atoms. The van der Waals surface area contributed by atoms with E-state index in [0.29, 0.717) is 6.04 Å². The lowest BCUT2D eigenvalue weighted by Crippen LogP contribution is -2.38. The Kier molecular flexibility index (Phi) is 3.07. The minimum absolute atomic E-state index is 0.0150. The summed E-state index contributed by atoms with van der Waals surface area (Å²) >= 11 is 0. The first-order chi connectivity index (χ1) is 6.31. The molecule has 0 unspecified atom stereocenters. The summed E-state index contributed by atoms with van der Waals surface area (Å²) in [6.07, 6.45) is 0. The third-order valence-electron chi connectivity index (χ3n) is 2.33. The van der Waals surface area contributed by atoms with Crippen molar-refractivity contribution in [3.05, 3.63) is 0 Å². The van der Waals surface area contributed by atoms with Crippen molar-refractivity contribution < 1.29 is 0 Å². The van der Waals surface area contributed by atoms with E-state index in [1.54, 1.807) is 0 Å². The van der Waals surface area contributed by atoms with Gasteiger partial charge in [-0.3, -0.25) is 0 Å². The van der Waals surface area contributed by atoms with Gasteiger partial charge in [0.15, 0.2) is 5.96 Å². The van der Waals surface area contributed by atoms with Crippen molar-refractivity contribution in [2.75, 3.05) is 20.1 Å². The van der Waals surface area contributed by atoms with E-state index in [0.717, 1.165) is 19.0 Å². The average Bonchev–Trinajstić information content (AvgIpc) is 2.29. The van der Waals surface area contributed by atoms with E-state index in [4.69, 9.17) is 4.99 Å². The molecule has 0 N–H and O–H groups in total. The molecule has 0 aliphatic carbocycles. The summed E-state index contributed by atoms with van der Waals surface area (Å²) < 4.78 is 0. The van der Waals surface area contributed by atoms with Crippen LogP contribution >= 0.6 is 0 Å². The molecule has 1 rings (SSSR count). The Bertz CT molecular complexity index is 225. The summed E-state index contributed by atoms with van der Waals surface area (Å²) in [5.41, 5.74) is 0.0150. The molecule has 1 aliphatic heterocycles. The Morgan fingerprint density at radius 3 is 2.21 bits per heavy atom. The molecule has 1 fully saturated rings. The zero-order chi connectivity index (χ0) is 10.9. The molecule has 0 bridgehead atoms. The van der Waals surface area contributed by atoms with Gasteiger partial charge in [0, 0.05) is 26.2 Å². The molecule has 0 atom stereocenters. The first kappa shape index (κ1) is 11.3. The van der Waals surface area contributed by atoms with Gasteiger partial charge in [-0.2, -0.15) is 0 Å². The molecule has 1 saturated heterocycles. The summed E-state index contributed by atoms with van der Waals surface area (Å²) in [5, 5.41) is 0. The smallest absolute Gasteiger partial charge is 0.197 e. The van der Waals surface area contributed by atoms with Crippen LogP contribution in [0.2, 0.25) is 0 Å². The zero-order valence-corrected chi connectivity index (χ0v) is 10.3. The van der Waals surface area contributed by atoms with Crippen LogP contribution < -0.4 is 0 Å². The highest BCUT2D eigenvalue weighted by molar-refractivity contribution is 5.82. The molecule has 1 heterocycles. The van der Waals surface area contributed by atoms with Crippen molar-refractivity contribution in [3.8, 4) is 0 Å². The van der Waals surface area contributed by atoms with Crippen molar-refractivity contribution in [3.63, 3.8) is 0 Å². The highest BCUT2D eigenvalue weighted by atomic mass is 15.4. The molecule has 1 aliphatic rings. The standard InChI is InChI=1S/C11H23N3/c1-9(2)14-8-7-13(6)10(14)12-11(3,4)5/h9H,7-8H2,1-6H3. The molecule has 3 nitrogen and oxygen atoms in total. The lowest BCUT2D eigenvalue weighted by Gasteiger charge is -2.27. The molecule has 0 aromatic heterocycles. The fraction of sp³-hybridized carbons (Fsp3) is 0.909. The van der Waals surface area contributed by atoms with Gasteiger partial charge in [0.05, 0.1) is 5.54 Å². The van der Waals surface area contributed by atoms with E-state index in [-0.39, 0.29) is 5.54 Å². The highest BCUT2D eigenvalue weighted by Crippen LogP contribution is 2.15. The lowest BCUT2D eigenvalue weighted by molar-refractivity contribution is 0.377. The summed E-state index contributed by atoms with van der Waals surface area (Å²) in [6, 6.07) is 0.543. The normalized spacial score (nSPS) is 21.5. The van der Waals surface area contributed by atoms with Gasteiger partial charge in [-0.05, 0) is 34.6 Å². The van der Waals surface area contributed by atoms with Crippen LogP contribution in [0.3, 0.4) is 0 Å². The third kappa shape index (κ3) is 2.63. The molecular formula is C11H23N3. The topological polar surface area (TPSA) is 18.8 Å². The quantitative estimate of drug-likeness (QED) is 0.638. The van der Waals surface area contributed by atoms with Crippen LogP contribution in [0.15, 0.2) is 4.99 Å². The summed E-state index contributed by atoms with van der Waals surface area (Å²) in [7, 11) is 2.12. The molecule has 0 aromatic rings. The van der Waals surface area contributed by atoms with Crippen molar-refractivity contribution in [2.45, 2.75) is 46.2 Å². The van der Waals surface area contributed by atoms with Crippen molar-refractivity contribution >= 4 is 5.96 Å². The van der Waals surface area contributed by atoms with Gasteiger partial charge in [-0.25, -0.2) is 4.99 Å². The van der Waals surface area contributed by atoms with Gasteiger partial charge in [0.25, 0.3) is 0 Å². The van der Waals surface area contributed by atoms with Gasteiger partial charge < -0.3 is 9.80 Å². The van der Waals surface area contributed by atoms with Crippen LogP contribution in [0.25, 0.3) is 0 Å². The number of nitrogens with zero attached hydrogens (tertiary/aromatic N) is 3. The van der Waals surface area contributed by atoms with Gasteiger partial charge in [-0.15, -0.1) is 0 Å². The second kappa shape index (κ2) is 3.79. The van der Waals surface area contributed by atoms with Gasteiger partial charge >= 0.3 is 0 Å². The fourth-order valence-electron chi connectivity index (χ4n) is 1.62. The molecule has 0 aromatic carbocycles. The summed E-state index contributed by atoms with van der Waals surface area (Å²) in [4.78, 5) is 9.37. The number of guanidine groups is 1. The maximum absolute atomic E-state index is 4.76. The number of hydrogen-bond donors (Lipinski definition) is 0. The first-order valence-corrected chi connectivity index (χ1v) is 5.39. The summed E-state index contributed by atoms with van der Waals surface area (Å²) in [5.74, 6) is 1.15. The Balaban J connectivity index is 2.87. The fourth-order valence-corrected chi connectivity index (χ4v) is 1.62. The van der Waals surface area contributed by atoms with E-state index < -0.39 is 0 Å². The molecular weight excluding hydrogens is 174 g/mol. The van der Waals surface area contributed by atoms with E-state index in [9.17, 15) is 0 Å². The Morgan fingerprint density at radius 1 is 1.21 bits per heavy atom. The van der Waals surface area contributed by atoms with Gasteiger partial charge in [0.1, 0.15) is 0 Å². The molecule has 0 spiro atoms. The Labute approximate surface area is 87.8 Å². The third-order valence-corrected chi connectivity index (χ3v) is 2.33. The second-order valence-corrected chi connectivity index (χ2v) is 5.29. The van der Waals surface area contributed by atoms with E-state index in [1.807, 2.05) is 0 Å². The number of aliphatic imine (C=N–C) groups is 1. The van der Waals surface area contributed by atoms with Crippen molar-refractivity contribution in [2.24, 2.45) is 4.99 Å². The molecule has 0 amide bonds. The number of rotatable bonds is 1. The number of likely N-dealkylation sites (N-methyl/N-ethyl adjacent to an activating group) is 1. The molecule has 3 heteroatoms. The van der Waals surface area contributed by atoms with E-state index >= 15 is 0 Å². The second-order valence-electron chi connectivity index (χ2n) is 5.29. The monoisotopic (exact) mass is 197 g/mol. The van der Waals surface area contributed by atoms with Crippen molar-refractivity contribution in [1.29, 1.82) is 0 Å². The molecule has 0 saturated carbocycles. The summed E-state index contributed by atoms with van der Waals surface area (Å²) in [6.45, 7) is 13.1. The Hall–Kier alpha value is -0.730. The zero-order valence-electron chi connectivity index (χ0n) is 10.3. The SMILES string of the molecule is CC(C)N1CCN(C)C1=NC(C)(C)C. The van der Waals surface area contributed by atoms with Gasteiger partial charge in [0.2, 0.25) is 0 Å². The van der Waals surface area contributed by atoms with E-state index in [1.165, 1.54) is 0 Å². The molecule has 0 radical (unpaired) electrons. The van der Waals surface area contributed by atoms with Crippen LogP contribution in [0.1, 0.15) is 34.6 Å². The predicted octanol–water partition coefficient (Wildman–Crippen LogP) is 1.80. The Morgan fingerprint density at radius 2 is 1.79 bits per heavy atom. The average molecular weight is 197 g/mol. The van der Waals surface area contributed by atoms with Crippen LogP contribution in [0.4, 0.5) is 0 Å².